The number of benzene rings is 1. The van der Waals surface area contributed by atoms with E-state index in [9.17, 15) is 0 Å². The van der Waals surface area contributed by atoms with Gasteiger partial charge in [0, 0.05) is 17.4 Å². The summed E-state index contributed by atoms with van der Waals surface area (Å²) in [5.74, 6) is 3.42. The molecule has 0 unspecified atom stereocenters. The van der Waals surface area contributed by atoms with Crippen LogP contribution in [0, 0.1) is 0 Å². The maximum absolute atomic E-state index is 4.84. The zero-order valence-electron chi connectivity index (χ0n) is 15.0. The highest BCUT2D eigenvalue weighted by Crippen LogP contribution is 2.59. The number of rotatable bonds is 4. The molecule has 3 nitrogen and oxygen atoms in total. The second-order valence-electron chi connectivity index (χ2n) is 9.18. The normalized spacial score (nSPS) is 34.4. The van der Waals surface area contributed by atoms with Crippen molar-refractivity contribution in [2.75, 3.05) is 0 Å². The molecule has 0 spiro atoms. The molecule has 1 aromatic heterocycles. The summed E-state index contributed by atoms with van der Waals surface area (Å²) in [5, 5.41) is 9.55. The predicted octanol–water partition coefficient (Wildman–Crippen LogP) is 5.03. The summed E-state index contributed by atoms with van der Waals surface area (Å²) in [6.45, 7) is 0. The van der Waals surface area contributed by atoms with E-state index in [1.807, 2.05) is 0 Å². The molecule has 1 heterocycles. The van der Waals surface area contributed by atoms with Crippen molar-refractivity contribution in [2.45, 2.75) is 87.0 Å². The van der Waals surface area contributed by atoms with Crippen LogP contribution in [0.3, 0.4) is 0 Å². The van der Waals surface area contributed by atoms with Crippen LogP contribution in [0.15, 0.2) is 30.3 Å². The van der Waals surface area contributed by atoms with Crippen molar-refractivity contribution >= 4 is 0 Å². The van der Waals surface area contributed by atoms with Crippen LogP contribution in [0.1, 0.15) is 93.4 Å². The van der Waals surface area contributed by atoms with Gasteiger partial charge in [0.2, 0.25) is 0 Å². The zero-order chi connectivity index (χ0) is 16.5. The van der Waals surface area contributed by atoms with Gasteiger partial charge in [-0.3, -0.25) is 0 Å². The summed E-state index contributed by atoms with van der Waals surface area (Å²) in [6.07, 6.45) is 13.2. The highest BCUT2D eigenvalue weighted by atomic mass is 15.3. The van der Waals surface area contributed by atoms with Crippen molar-refractivity contribution in [3.05, 3.63) is 47.5 Å². The quantitative estimate of drug-likeness (QED) is 0.785. The number of hydrogen-bond donors (Lipinski definition) is 0. The molecule has 7 rings (SSSR count). The number of aromatic nitrogens is 3. The molecule has 5 aliphatic rings. The Bertz CT molecular complexity index is 773. The molecule has 5 fully saturated rings. The van der Waals surface area contributed by atoms with Gasteiger partial charge in [0.1, 0.15) is 11.6 Å². The van der Waals surface area contributed by atoms with Gasteiger partial charge in [-0.15, -0.1) is 10.2 Å². The van der Waals surface area contributed by atoms with Gasteiger partial charge in [0.15, 0.2) is 0 Å². The molecule has 25 heavy (non-hydrogen) atoms. The van der Waals surface area contributed by atoms with Gasteiger partial charge >= 0.3 is 0 Å². The van der Waals surface area contributed by atoms with E-state index in [1.165, 1.54) is 75.9 Å². The molecule has 2 aromatic rings. The van der Waals surface area contributed by atoms with Crippen LogP contribution >= 0.6 is 0 Å². The monoisotopic (exact) mass is 333 g/mol. The Hall–Kier alpha value is -1.64. The highest BCUT2D eigenvalue weighted by molar-refractivity contribution is 5.31. The molecular weight excluding hydrogens is 306 g/mol. The van der Waals surface area contributed by atoms with E-state index >= 15 is 0 Å². The Labute approximate surface area is 149 Å². The first kappa shape index (κ1) is 14.5. The van der Waals surface area contributed by atoms with Gasteiger partial charge < -0.3 is 4.57 Å². The largest absolute Gasteiger partial charge is 0.311 e. The maximum atomic E-state index is 4.84. The molecule has 5 saturated carbocycles. The summed E-state index contributed by atoms with van der Waals surface area (Å²) in [4.78, 5) is 0. The van der Waals surface area contributed by atoms with Crippen LogP contribution < -0.4 is 0 Å². The van der Waals surface area contributed by atoms with E-state index in [-0.39, 0.29) is 0 Å². The lowest BCUT2D eigenvalue weighted by molar-refractivity contribution is 0.0921. The molecule has 0 radical (unpaired) electrons. The first-order valence-corrected chi connectivity index (χ1v) is 10.3. The van der Waals surface area contributed by atoms with Crippen molar-refractivity contribution < 1.29 is 0 Å². The van der Waals surface area contributed by atoms with Crippen molar-refractivity contribution in [2.24, 2.45) is 0 Å². The van der Waals surface area contributed by atoms with E-state index < -0.39 is 0 Å². The van der Waals surface area contributed by atoms with Gasteiger partial charge in [-0.05, 0) is 75.2 Å². The average molecular weight is 333 g/mol. The Morgan fingerprint density at radius 1 is 0.760 bits per heavy atom. The van der Waals surface area contributed by atoms with E-state index in [4.69, 9.17) is 10.2 Å². The third-order valence-corrected chi connectivity index (χ3v) is 7.68. The molecule has 0 N–H and O–H groups in total. The lowest BCUT2D eigenvalue weighted by Crippen LogP contribution is -2.47. The second kappa shape index (κ2) is 4.96. The minimum Gasteiger partial charge on any atom is -0.311 e. The molecule has 3 heteroatoms. The smallest absolute Gasteiger partial charge is 0.139 e. The van der Waals surface area contributed by atoms with Crippen LogP contribution in [0.25, 0.3) is 0 Å². The minimum atomic E-state index is 0.319. The maximum Gasteiger partial charge on any atom is 0.139 e. The van der Waals surface area contributed by atoms with Gasteiger partial charge in [-0.2, -0.15) is 0 Å². The Morgan fingerprint density at radius 2 is 1.40 bits per heavy atom. The summed E-state index contributed by atoms with van der Waals surface area (Å²) < 4.78 is 2.62. The number of nitrogens with zero attached hydrogens (tertiary/aromatic N) is 3. The van der Waals surface area contributed by atoms with E-state index in [0.717, 1.165) is 6.04 Å². The third-order valence-electron chi connectivity index (χ3n) is 7.68. The molecule has 0 atom stereocenters. The Balaban J connectivity index is 1.35. The fraction of sp³-hybridized carbons (Fsp3) is 0.636. The minimum absolute atomic E-state index is 0.319. The molecule has 0 amide bonds. The molecule has 0 aliphatic heterocycles. The van der Waals surface area contributed by atoms with Crippen molar-refractivity contribution in [1.29, 1.82) is 0 Å². The molecule has 1 aromatic carbocycles. The third kappa shape index (κ3) is 2.10. The van der Waals surface area contributed by atoms with Crippen molar-refractivity contribution in [3.8, 4) is 0 Å². The van der Waals surface area contributed by atoms with E-state index in [1.54, 1.807) is 5.56 Å². The lowest BCUT2D eigenvalue weighted by Gasteiger charge is -2.53. The standard InChI is InChI=1S/C22H27N3/c1-2-4-17(5-3-1)21-10-13-22(14-11-21,15-12-21)20-24-23-19(16-6-7-16)25(20)18-8-9-18/h1-5,16,18H,6-15H2. The lowest BCUT2D eigenvalue weighted by atomic mass is 9.51. The number of fused-ring (bicyclic) bond motifs is 3. The number of hydrogen-bond acceptors (Lipinski definition) is 2. The molecule has 130 valence electrons. The first-order valence-electron chi connectivity index (χ1n) is 10.3. The molecular formula is C22H27N3. The Morgan fingerprint density at radius 3 is 2.00 bits per heavy atom. The van der Waals surface area contributed by atoms with Crippen LogP contribution in [0.5, 0.6) is 0 Å². The zero-order valence-corrected chi connectivity index (χ0v) is 15.0. The van der Waals surface area contributed by atoms with Crippen molar-refractivity contribution in [1.82, 2.24) is 14.8 Å². The topological polar surface area (TPSA) is 30.7 Å². The van der Waals surface area contributed by atoms with Crippen LogP contribution in [0.4, 0.5) is 0 Å². The van der Waals surface area contributed by atoms with Gasteiger partial charge in [0.05, 0.1) is 0 Å². The van der Waals surface area contributed by atoms with Crippen molar-refractivity contribution in [3.63, 3.8) is 0 Å². The van der Waals surface area contributed by atoms with Crippen LogP contribution in [-0.2, 0) is 10.8 Å². The van der Waals surface area contributed by atoms with Gasteiger partial charge in [-0.1, -0.05) is 30.3 Å². The highest BCUT2D eigenvalue weighted by Gasteiger charge is 2.53. The summed E-state index contributed by atoms with van der Waals surface area (Å²) >= 11 is 0. The Kier molecular flexibility index (Phi) is 2.88. The second-order valence-corrected chi connectivity index (χ2v) is 9.18. The molecule has 2 bridgehead atoms. The predicted molar refractivity (Wildman–Crippen MR) is 97.8 cm³/mol. The molecule has 0 saturated heterocycles. The average Bonchev–Trinajstić information content (AvgIpc) is 3.63. The van der Waals surface area contributed by atoms with Gasteiger partial charge in [-0.25, -0.2) is 0 Å². The summed E-state index contributed by atoms with van der Waals surface area (Å²) in [5.41, 5.74) is 2.33. The van der Waals surface area contributed by atoms with E-state index in [0.29, 0.717) is 16.7 Å². The van der Waals surface area contributed by atoms with Crippen LogP contribution in [-0.4, -0.2) is 14.8 Å². The summed E-state index contributed by atoms with van der Waals surface area (Å²) in [7, 11) is 0. The van der Waals surface area contributed by atoms with Crippen LogP contribution in [0.2, 0.25) is 0 Å². The van der Waals surface area contributed by atoms with Gasteiger partial charge in [0.25, 0.3) is 0 Å². The van der Waals surface area contributed by atoms with E-state index in [2.05, 4.69) is 34.9 Å². The summed E-state index contributed by atoms with van der Waals surface area (Å²) in [6, 6.07) is 12.0. The fourth-order valence-electron chi connectivity index (χ4n) is 5.72. The molecule has 5 aliphatic carbocycles. The SMILES string of the molecule is c1ccc(C23CCC(c4nnc(C5CC5)n4C4CC4)(CC2)CC3)cc1. The fourth-order valence-corrected chi connectivity index (χ4v) is 5.72. The first-order chi connectivity index (χ1) is 12.3.